The van der Waals surface area contributed by atoms with Crippen molar-refractivity contribution in [1.29, 1.82) is 0 Å². The Morgan fingerprint density at radius 3 is 2.54 bits per heavy atom. The maximum atomic E-state index is 6.38. The average molecular weight is 322 g/mol. The summed E-state index contributed by atoms with van der Waals surface area (Å²) < 4.78 is 12.7. The molecule has 2 heteroatoms. The van der Waals surface area contributed by atoms with Gasteiger partial charge in [-0.15, -0.1) is 0 Å². The molecule has 0 saturated heterocycles. The lowest BCUT2D eigenvalue weighted by molar-refractivity contribution is -0.0739. The minimum absolute atomic E-state index is 0.0174. The van der Waals surface area contributed by atoms with E-state index in [1.807, 2.05) is 24.3 Å². The molecule has 1 heterocycles. The van der Waals surface area contributed by atoms with E-state index in [1.165, 1.54) is 16.7 Å². The smallest absolute Gasteiger partial charge is 0.129 e. The molecule has 2 aromatic rings. The zero-order chi connectivity index (χ0) is 17.3. The van der Waals surface area contributed by atoms with Crippen LogP contribution in [0.1, 0.15) is 42.2 Å². The van der Waals surface area contributed by atoms with E-state index in [-0.39, 0.29) is 12.0 Å². The van der Waals surface area contributed by atoms with E-state index < -0.39 is 5.60 Å². The number of rotatable bonds is 4. The van der Waals surface area contributed by atoms with Gasteiger partial charge in [0.2, 0.25) is 0 Å². The fourth-order valence-electron chi connectivity index (χ4n) is 3.28. The minimum atomic E-state index is -0.438. The van der Waals surface area contributed by atoms with Gasteiger partial charge in [0.1, 0.15) is 11.4 Å². The van der Waals surface area contributed by atoms with Crippen LogP contribution in [0.25, 0.3) is 0 Å². The standard InChI is InChI=1S/C22H26O2/c1-6-22(5)17(4)21(23-14-18-10-8-7-9-11-18)19-13-12-15(2)16(3)20(19)24-22/h6-13,17,21H,1,14H2,2-5H3/t17?,21?,22-/m0/s1. The van der Waals surface area contributed by atoms with Gasteiger partial charge >= 0.3 is 0 Å². The van der Waals surface area contributed by atoms with Crippen molar-refractivity contribution in [3.8, 4) is 5.75 Å². The summed E-state index contributed by atoms with van der Waals surface area (Å²) in [5.74, 6) is 1.13. The summed E-state index contributed by atoms with van der Waals surface area (Å²) in [6, 6.07) is 14.6. The lowest BCUT2D eigenvalue weighted by Gasteiger charge is -2.44. The Labute approximate surface area is 145 Å². The highest BCUT2D eigenvalue weighted by Crippen LogP contribution is 2.48. The molecule has 3 rings (SSSR count). The first-order valence-corrected chi connectivity index (χ1v) is 8.54. The number of benzene rings is 2. The van der Waals surface area contributed by atoms with Crippen LogP contribution in [0.2, 0.25) is 0 Å². The van der Waals surface area contributed by atoms with Crippen LogP contribution in [0.4, 0.5) is 0 Å². The van der Waals surface area contributed by atoms with Crippen molar-refractivity contribution >= 4 is 0 Å². The van der Waals surface area contributed by atoms with Gasteiger partial charge in [0.05, 0.1) is 12.7 Å². The van der Waals surface area contributed by atoms with Gasteiger partial charge in [-0.25, -0.2) is 0 Å². The Balaban J connectivity index is 1.97. The van der Waals surface area contributed by atoms with Crippen LogP contribution < -0.4 is 4.74 Å². The molecule has 0 bridgehead atoms. The molecule has 0 aromatic heterocycles. The number of fused-ring (bicyclic) bond motifs is 1. The molecular formula is C22H26O2. The van der Waals surface area contributed by atoms with E-state index in [0.717, 1.165) is 11.3 Å². The molecule has 0 spiro atoms. The van der Waals surface area contributed by atoms with Gasteiger partial charge in [-0.3, -0.25) is 0 Å². The molecule has 2 nitrogen and oxygen atoms in total. The van der Waals surface area contributed by atoms with Crippen LogP contribution in [0, 0.1) is 19.8 Å². The Hall–Kier alpha value is -2.06. The Morgan fingerprint density at radius 1 is 1.17 bits per heavy atom. The molecule has 0 amide bonds. The van der Waals surface area contributed by atoms with Crippen molar-refractivity contribution in [2.24, 2.45) is 5.92 Å². The van der Waals surface area contributed by atoms with Crippen molar-refractivity contribution in [3.63, 3.8) is 0 Å². The molecule has 1 aliphatic rings. The zero-order valence-electron chi connectivity index (χ0n) is 15.0. The van der Waals surface area contributed by atoms with Crippen LogP contribution in [0.15, 0.2) is 55.1 Å². The third kappa shape index (κ3) is 2.87. The zero-order valence-corrected chi connectivity index (χ0v) is 15.0. The van der Waals surface area contributed by atoms with Crippen molar-refractivity contribution in [2.75, 3.05) is 0 Å². The van der Waals surface area contributed by atoms with Crippen LogP contribution >= 0.6 is 0 Å². The lowest BCUT2D eigenvalue weighted by Crippen LogP contribution is -2.45. The molecule has 0 N–H and O–H groups in total. The molecule has 126 valence electrons. The molecule has 2 unspecified atom stereocenters. The van der Waals surface area contributed by atoms with Crippen LogP contribution in [0.3, 0.4) is 0 Å². The summed E-state index contributed by atoms with van der Waals surface area (Å²) >= 11 is 0. The monoisotopic (exact) mass is 322 g/mol. The quantitative estimate of drug-likeness (QED) is 0.689. The lowest BCUT2D eigenvalue weighted by atomic mass is 9.79. The highest BCUT2D eigenvalue weighted by Gasteiger charge is 2.43. The molecule has 3 atom stereocenters. The Bertz CT molecular complexity index is 735. The first-order chi connectivity index (χ1) is 11.5. The third-order valence-corrected chi connectivity index (χ3v) is 5.37. The van der Waals surface area contributed by atoms with E-state index in [2.05, 4.69) is 58.5 Å². The molecule has 24 heavy (non-hydrogen) atoms. The SMILES string of the molecule is C=C[C@]1(C)Oc2c(ccc(C)c2C)C(OCc2ccccc2)C1C. The molecule has 1 aliphatic heterocycles. The fraction of sp³-hybridized carbons (Fsp3) is 0.364. The van der Waals surface area contributed by atoms with Gasteiger partial charge in [0.15, 0.2) is 0 Å². The van der Waals surface area contributed by atoms with Gasteiger partial charge in [0.25, 0.3) is 0 Å². The van der Waals surface area contributed by atoms with E-state index in [0.29, 0.717) is 6.61 Å². The van der Waals surface area contributed by atoms with E-state index in [1.54, 1.807) is 0 Å². The van der Waals surface area contributed by atoms with Gasteiger partial charge < -0.3 is 9.47 Å². The predicted octanol–water partition coefficient (Wildman–Crippen LogP) is 5.53. The predicted molar refractivity (Wildman–Crippen MR) is 98.3 cm³/mol. The van der Waals surface area contributed by atoms with Crippen molar-refractivity contribution in [2.45, 2.75) is 46.0 Å². The van der Waals surface area contributed by atoms with Gasteiger partial charge in [-0.2, -0.15) is 0 Å². The second kappa shape index (κ2) is 6.45. The topological polar surface area (TPSA) is 18.5 Å². The number of hydrogen-bond acceptors (Lipinski definition) is 2. The first kappa shape index (κ1) is 16.8. The number of hydrogen-bond donors (Lipinski definition) is 0. The summed E-state index contributed by atoms with van der Waals surface area (Å²) in [5, 5.41) is 0. The minimum Gasteiger partial charge on any atom is -0.482 e. The summed E-state index contributed by atoms with van der Waals surface area (Å²) in [6.07, 6.45) is 1.89. The fourth-order valence-corrected chi connectivity index (χ4v) is 3.28. The van der Waals surface area contributed by atoms with Crippen molar-refractivity contribution in [3.05, 3.63) is 77.4 Å². The molecule has 0 aliphatic carbocycles. The second-order valence-electron chi connectivity index (χ2n) is 6.92. The van der Waals surface area contributed by atoms with Gasteiger partial charge in [-0.05, 0) is 43.5 Å². The number of aryl methyl sites for hydroxylation is 1. The molecule has 0 radical (unpaired) electrons. The van der Waals surface area contributed by atoms with E-state index in [9.17, 15) is 0 Å². The Kier molecular flexibility index (Phi) is 4.51. The van der Waals surface area contributed by atoms with Crippen LogP contribution in [-0.2, 0) is 11.3 Å². The molecule has 0 saturated carbocycles. The molecule has 0 fully saturated rings. The van der Waals surface area contributed by atoms with Gasteiger partial charge in [-0.1, -0.05) is 56.0 Å². The average Bonchev–Trinajstić information content (AvgIpc) is 2.60. The van der Waals surface area contributed by atoms with Crippen molar-refractivity contribution in [1.82, 2.24) is 0 Å². The van der Waals surface area contributed by atoms with E-state index in [4.69, 9.17) is 9.47 Å². The van der Waals surface area contributed by atoms with Crippen LogP contribution in [0.5, 0.6) is 5.75 Å². The van der Waals surface area contributed by atoms with E-state index >= 15 is 0 Å². The largest absolute Gasteiger partial charge is 0.482 e. The van der Waals surface area contributed by atoms with Gasteiger partial charge in [0, 0.05) is 11.5 Å². The molecular weight excluding hydrogens is 296 g/mol. The second-order valence-corrected chi connectivity index (χ2v) is 6.92. The highest BCUT2D eigenvalue weighted by atomic mass is 16.5. The number of ether oxygens (including phenoxy) is 2. The van der Waals surface area contributed by atoms with Crippen molar-refractivity contribution < 1.29 is 9.47 Å². The summed E-state index contributed by atoms with van der Waals surface area (Å²) in [7, 11) is 0. The first-order valence-electron chi connectivity index (χ1n) is 8.54. The summed E-state index contributed by atoms with van der Waals surface area (Å²) in [6.45, 7) is 13.1. The Morgan fingerprint density at radius 2 is 1.88 bits per heavy atom. The summed E-state index contributed by atoms with van der Waals surface area (Å²) in [5.41, 5.74) is 4.30. The summed E-state index contributed by atoms with van der Waals surface area (Å²) in [4.78, 5) is 0. The maximum Gasteiger partial charge on any atom is 0.129 e. The maximum absolute atomic E-state index is 6.38. The highest BCUT2D eigenvalue weighted by molar-refractivity contribution is 5.49. The third-order valence-electron chi connectivity index (χ3n) is 5.37. The normalized spacial score (nSPS) is 25.7. The molecule has 2 aromatic carbocycles. The van der Waals surface area contributed by atoms with Crippen LogP contribution in [-0.4, -0.2) is 5.60 Å².